The minimum atomic E-state index is -0.763. The van der Waals surface area contributed by atoms with Crippen molar-refractivity contribution in [1.29, 1.82) is 0 Å². The molecule has 3 N–H and O–H groups in total. The predicted molar refractivity (Wildman–Crippen MR) is 110 cm³/mol. The maximum atomic E-state index is 12.6. The van der Waals surface area contributed by atoms with E-state index in [2.05, 4.69) is 10.6 Å². The lowest BCUT2D eigenvalue weighted by Crippen LogP contribution is -2.48. The van der Waals surface area contributed by atoms with Crippen molar-refractivity contribution in [2.45, 2.75) is 103 Å². The molecule has 1 saturated carbocycles. The number of nitrogens with one attached hydrogen (secondary N) is 2. The summed E-state index contributed by atoms with van der Waals surface area (Å²) in [7, 11) is 0. The lowest BCUT2D eigenvalue weighted by Gasteiger charge is -2.32. The number of hydrogen-bond donors (Lipinski definition) is 3. The Morgan fingerprint density at radius 2 is 1.52 bits per heavy atom. The summed E-state index contributed by atoms with van der Waals surface area (Å²) < 4.78 is 10.7. The first kappa shape index (κ1) is 25.2. The number of carboxylic acid groups (broad SMARTS) is 1. The van der Waals surface area contributed by atoms with E-state index in [1.54, 1.807) is 20.8 Å². The fourth-order valence-electron chi connectivity index (χ4n) is 3.34. The lowest BCUT2D eigenvalue weighted by atomic mass is 9.84. The van der Waals surface area contributed by atoms with Crippen LogP contribution >= 0.6 is 0 Å². The van der Waals surface area contributed by atoms with Gasteiger partial charge in [0.05, 0.1) is 0 Å². The summed E-state index contributed by atoms with van der Waals surface area (Å²) in [5.41, 5.74) is -1.18. The normalized spacial score (nSPS) is 21.2. The molecule has 1 atom stereocenters. The van der Waals surface area contributed by atoms with Crippen LogP contribution in [-0.2, 0) is 19.1 Å². The van der Waals surface area contributed by atoms with Gasteiger partial charge < -0.3 is 25.2 Å². The molecule has 168 valence electrons. The van der Waals surface area contributed by atoms with Crippen LogP contribution in [0.3, 0.4) is 0 Å². The van der Waals surface area contributed by atoms with Gasteiger partial charge in [-0.05, 0) is 79.6 Å². The molecule has 1 aliphatic carbocycles. The molecule has 1 amide bonds. The van der Waals surface area contributed by atoms with Crippen molar-refractivity contribution in [2.24, 2.45) is 5.92 Å². The van der Waals surface area contributed by atoms with Crippen molar-refractivity contribution >= 4 is 18.0 Å². The fraction of sp³-hybridized carbons (Fsp3) is 0.857. The number of carbonyl (C=O) groups is 3. The van der Waals surface area contributed by atoms with E-state index in [0.717, 1.165) is 25.7 Å². The fourth-order valence-corrected chi connectivity index (χ4v) is 3.34. The molecule has 0 heterocycles. The third kappa shape index (κ3) is 11.7. The van der Waals surface area contributed by atoms with E-state index in [1.807, 2.05) is 20.8 Å². The highest BCUT2D eigenvalue weighted by molar-refractivity contribution is 5.76. The number of amides is 1. The molecule has 8 heteroatoms. The second-order valence-electron chi connectivity index (χ2n) is 9.79. The second kappa shape index (κ2) is 10.8. The summed E-state index contributed by atoms with van der Waals surface area (Å²) in [6.07, 6.45) is 3.33. The number of hydrogen-bond acceptors (Lipinski definition) is 6. The number of aliphatic carboxylic acids is 1. The molecule has 1 fully saturated rings. The molecular formula is C21H38N2O6. The summed E-state index contributed by atoms with van der Waals surface area (Å²) in [5.74, 6) is -0.920. The molecule has 0 spiro atoms. The minimum absolute atomic E-state index is 0.124. The van der Waals surface area contributed by atoms with Crippen molar-refractivity contribution in [3.63, 3.8) is 0 Å². The molecule has 1 rings (SSSR count). The lowest BCUT2D eigenvalue weighted by molar-refractivity contribution is -0.158. The first-order chi connectivity index (χ1) is 13.2. The Labute approximate surface area is 174 Å². The Morgan fingerprint density at radius 3 is 2.00 bits per heavy atom. The van der Waals surface area contributed by atoms with E-state index >= 15 is 0 Å². The van der Waals surface area contributed by atoms with Crippen LogP contribution in [0.15, 0.2) is 0 Å². The molecular weight excluding hydrogens is 376 g/mol. The van der Waals surface area contributed by atoms with Crippen LogP contribution in [0.1, 0.15) is 80.1 Å². The van der Waals surface area contributed by atoms with E-state index in [9.17, 15) is 14.4 Å². The Hall–Kier alpha value is -1.83. The first-order valence-corrected chi connectivity index (χ1v) is 10.4. The van der Waals surface area contributed by atoms with Gasteiger partial charge in [-0.25, -0.2) is 4.79 Å². The molecule has 0 radical (unpaired) electrons. The second-order valence-corrected chi connectivity index (χ2v) is 9.79. The number of carboxylic acids is 1. The van der Waals surface area contributed by atoms with Crippen LogP contribution in [0.2, 0.25) is 0 Å². The van der Waals surface area contributed by atoms with Gasteiger partial charge in [-0.3, -0.25) is 9.59 Å². The summed E-state index contributed by atoms with van der Waals surface area (Å²) >= 11 is 0. The van der Waals surface area contributed by atoms with Crippen molar-refractivity contribution in [3.8, 4) is 0 Å². The summed E-state index contributed by atoms with van der Waals surface area (Å²) in [6, 6.07) is -0.427. The van der Waals surface area contributed by atoms with Crippen LogP contribution in [0.25, 0.3) is 0 Å². The standard InChI is InChI=1S/C21H38N2O6/c1-20(2,3)28-18(26)16(11-12-22-19(27)29-21(4,5)6)23-15-9-7-14(8-10-15)13-17(24)25/h14-16,23H,7-13H2,1-6H3,(H,22,27)(H,24,25). The van der Waals surface area contributed by atoms with Gasteiger partial charge in [-0.1, -0.05) is 0 Å². The zero-order chi connectivity index (χ0) is 22.2. The third-order valence-corrected chi connectivity index (χ3v) is 4.54. The topological polar surface area (TPSA) is 114 Å². The molecule has 0 aromatic heterocycles. The zero-order valence-electron chi connectivity index (χ0n) is 18.7. The van der Waals surface area contributed by atoms with Gasteiger partial charge in [0.15, 0.2) is 0 Å². The quantitative estimate of drug-likeness (QED) is 0.522. The number of ether oxygens (including phenoxy) is 2. The highest BCUT2D eigenvalue weighted by atomic mass is 16.6. The van der Waals surface area contributed by atoms with Gasteiger partial charge in [0.2, 0.25) is 0 Å². The van der Waals surface area contributed by atoms with Crippen molar-refractivity contribution in [1.82, 2.24) is 10.6 Å². The van der Waals surface area contributed by atoms with Crippen molar-refractivity contribution in [2.75, 3.05) is 6.54 Å². The van der Waals surface area contributed by atoms with Gasteiger partial charge in [0.25, 0.3) is 0 Å². The maximum absolute atomic E-state index is 12.6. The molecule has 0 aliphatic heterocycles. The summed E-state index contributed by atoms with van der Waals surface area (Å²) in [6.45, 7) is 11.1. The van der Waals surface area contributed by atoms with Crippen LogP contribution in [0.4, 0.5) is 4.79 Å². The summed E-state index contributed by atoms with van der Waals surface area (Å²) in [4.78, 5) is 35.4. The monoisotopic (exact) mass is 414 g/mol. The Kier molecular flexibility index (Phi) is 9.39. The Balaban J connectivity index is 2.59. The number of rotatable bonds is 8. The van der Waals surface area contributed by atoms with Crippen molar-refractivity contribution in [3.05, 3.63) is 0 Å². The number of alkyl carbamates (subject to hydrolysis) is 1. The third-order valence-electron chi connectivity index (χ3n) is 4.54. The van der Waals surface area contributed by atoms with Crippen LogP contribution < -0.4 is 10.6 Å². The van der Waals surface area contributed by atoms with E-state index in [-0.39, 0.29) is 30.9 Å². The van der Waals surface area contributed by atoms with Crippen LogP contribution in [0, 0.1) is 5.92 Å². The maximum Gasteiger partial charge on any atom is 0.407 e. The molecule has 0 saturated heterocycles. The predicted octanol–water partition coefficient (Wildman–Crippen LogP) is 3.23. The van der Waals surface area contributed by atoms with Gasteiger partial charge in [0, 0.05) is 19.0 Å². The number of esters is 1. The Morgan fingerprint density at radius 1 is 0.966 bits per heavy atom. The smallest absolute Gasteiger partial charge is 0.407 e. The first-order valence-electron chi connectivity index (χ1n) is 10.4. The zero-order valence-corrected chi connectivity index (χ0v) is 18.7. The molecule has 0 bridgehead atoms. The van der Waals surface area contributed by atoms with Gasteiger partial charge in [0.1, 0.15) is 17.2 Å². The highest BCUT2D eigenvalue weighted by Crippen LogP contribution is 2.27. The molecule has 0 aromatic carbocycles. The Bertz CT molecular complexity index is 556. The van der Waals surface area contributed by atoms with Crippen molar-refractivity contribution < 1.29 is 29.0 Å². The van der Waals surface area contributed by atoms with Gasteiger partial charge >= 0.3 is 18.0 Å². The minimum Gasteiger partial charge on any atom is -0.481 e. The van der Waals surface area contributed by atoms with E-state index < -0.39 is 29.3 Å². The average molecular weight is 415 g/mol. The molecule has 1 unspecified atom stereocenters. The van der Waals surface area contributed by atoms with Gasteiger partial charge in [-0.15, -0.1) is 0 Å². The average Bonchev–Trinajstić information content (AvgIpc) is 2.51. The number of carbonyl (C=O) groups excluding carboxylic acids is 2. The highest BCUT2D eigenvalue weighted by Gasteiger charge is 2.30. The van der Waals surface area contributed by atoms with E-state index in [0.29, 0.717) is 6.42 Å². The molecule has 0 aromatic rings. The molecule has 29 heavy (non-hydrogen) atoms. The summed E-state index contributed by atoms with van der Waals surface area (Å²) in [5, 5.41) is 15.0. The van der Waals surface area contributed by atoms with E-state index in [1.165, 1.54) is 0 Å². The van der Waals surface area contributed by atoms with Crippen LogP contribution in [0.5, 0.6) is 0 Å². The SMILES string of the molecule is CC(C)(C)OC(=O)NCCC(NC1CCC(CC(=O)O)CC1)C(=O)OC(C)(C)C. The molecule has 8 nitrogen and oxygen atoms in total. The van der Waals surface area contributed by atoms with E-state index in [4.69, 9.17) is 14.6 Å². The largest absolute Gasteiger partial charge is 0.481 e. The van der Waals surface area contributed by atoms with Gasteiger partial charge in [-0.2, -0.15) is 0 Å². The molecule has 1 aliphatic rings. The van der Waals surface area contributed by atoms with Crippen LogP contribution in [-0.4, -0.2) is 53.0 Å².